The lowest BCUT2D eigenvalue weighted by atomic mass is 10.2. The van der Waals surface area contributed by atoms with Crippen molar-refractivity contribution in [3.63, 3.8) is 0 Å². The summed E-state index contributed by atoms with van der Waals surface area (Å²) in [5.74, 6) is 0. The van der Waals surface area contributed by atoms with Crippen LogP contribution in [0, 0.1) is 0 Å². The SMILES string of the molecule is C=CCOC(=O)N(C)N(CCCCC)CCCCC. The molecule has 0 rings (SSSR count). The predicted octanol–water partition coefficient (Wildman–Crippen LogP) is 3.84. The zero-order valence-electron chi connectivity index (χ0n) is 12.9. The van der Waals surface area contributed by atoms with Crippen molar-refractivity contribution in [2.24, 2.45) is 0 Å². The molecule has 0 saturated heterocycles. The van der Waals surface area contributed by atoms with Crippen LogP contribution in [-0.2, 0) is 4.74 Å². The Morgan fingerprint density at radius 1 is 1.11 bits per heavy atom. The van der Waals surface area contributed by atoms with E-state index in [2.05, 4.69) is 25.4 Å². The van der Waals surface area contributed by atoms with Gasteiger partial charge in [0.25, 0.3) is 0 Å². The summed E-state index contributed by atoms with van der Waals surface area (Å²) >= 11 is 0. The number of rotatable bonds is 11. The van der Waals surface area contributed by atoms with Crippen LogP contribution in [0.1, 0.15) is 52.4 Å². The number of unbranched alkanes of at least 4 members (excludes halogenated alkanes) is 4. The molecule has 4 nitrogen and oxygen atoms in total. The fraction of sp³-hybridized carbons (Fsp3) is 0.800. The van der Waals surface area contributed by atoms with Crippen molar-refractivity contribution in [1.82, 2.24) is 10.0 Å². The molecule has 0 aliphatic heterocycles. The first kappa shape index (κ1) is 18.0. The Kier molecular flexibility index (Phi) is 11.4. The van der Waals surface area contributed by atoms with Crippen LogP contribution in [0.25, 0.3) is 0 Å². The Bertz CT molecular complexity index is 234. The van der Waals surface area contributed by atoms with Gasteiger partial charge in [0, 0.05) is 20.1 Å². The van der Waals surface area contributed by atoms with E-state index in [4.69, 9.17) is 4.74 Å². The summed E-state index contributed by atoms with van der Waals surface area (Å²) in [4.78, 5) is 11.8. The van der Waals surface area contributed by atoms with E-state index in [0.717, 1.165) is 25.9 Å². The average Bonchev–Trinajstić information content (AvgIpc) is 2.42. The van der Waals surface area contributed by atoms with Gasteiger partial charge < -0.3 is 4.74 Å². The second-order valence-corrected chi connectivity index (χ2v) is 4.76. The van der Waals surface area contributed by atoms with Gasteiger partial charge in [-0.1, -0.05) is 52.2 Å². The van der Waals surface area contributed by atoms with Crippen molar-refractivity contribution in [3.8, 4) is 0 Å². The molecule has 0 heterocycles. The van der Waals surface area contributed by atoms with E-state index in [1.165, 1.54) is 25.7 Å². The van der Waals surface area contributed by atoms with Gasteiger partial charge in [-0.2, -0.15) is 0 Å². The smallest absolute Gasteiger partial charge is 0.424 e. The lowest BCUT2D eigenvalue weighted by molar-refractivity contribution is -0.00357. The van der Waals surface area contributed by atoms with Crippen LogP contribution >= 0.6 is 0 Å². The van der Waals surface area contributed by atoms with Gasteiger partial charge in [0.05, 0.1) is 0 Å². The summed E-state index contributed by atoms with van der Waals surface area (Å²) in [7, 11) is 1.78. The standard InChI is InChI=1S/C15H30N2O2/c1-5-8-10-12-17(13-11-9-6-2)16(4)15(18)19-14-7-3/h7H,3,5-6,8-14H2,1-2,4H3. The van der Waals surface area contributed by atoms with Gasteiger partial charge in [0.15, 0.2) is 0 Å². The zero-order chi connectivity index (χ0) is 14.5. The van der Waals surface area contributed by atoms with Crippen LogP contribution in [-0.4, -0.2) is 42.9 Å². The number of hydrogen-bond donors (Lipinski definition) is 0. The number of nitrogens with zero attached hydrogens (tertiary/aromatic N) is 2. The molecule has 0 radical (unpaired) electrons. The molecule has 112 valence electrons. The van der Waals surface area contributed by atoms with Gasteiger partial charge in [-0.05, 0) is 12.8 Å². The highest BCUT2D eigenvalue weighted by Crippen LogP contribution is 2.06. The highest BCUT2D eigenvalue weighted by molar-refractivity contribution is 5.66. The third-order valence-corrected chi connectivity index (χ3v) is 3.05. The summed E-state index contributed by atoms with van der Waals surface area (Å²) in [6.07, 6.45) is 8.28. The van der Waals surface area contributed by atoms with Crippen LogP contribution in [0.4, 0.5) is 4.79 Å². The van der Waals surface area contributed by atoms with Crippen LogP contribution < -0.4 is 0 Å². The van der Waals surface area contributed by atoms with E-state index in [-0.39, 0.29) is 12.7 Å². The average molecular weight is 270 g/mol. The number of amides is 1. The van der Waals surface area contributed by atoms with Gasteiger partial charge in [0.1, 0.15) is 6.61 Å². The molecule has 1 amide bonds. The molecule has 0 fully saturated rings. The largest absolute Gasteiger partial charge is 0.444 e. The first-order valence-corrected chi connectivity index (χ1v) is 7.43. The molecule has 0 saturated carbocycles. The first-order valence-electron chi connectivity index (χ1n) is 7.43. The van der Waals surface area contributed by atoms with E-state index in [0.29, 0.717) is 0 Å². The summed E-state index contributed by atoms with van der Waals surface area (Å²) in [6, 6.07) is 0. The lowest BCUT2D eigenvalue weighted by Gasteiger charge is -2.31. The number of hydrogen-bond acceptors (Lipinski definition) is 3. The Balaban J connectivity index is 4.25. The maximum Gasteiger partial charge on any atom is 0.424 e. The molecule has 0 aromatic heterocycles. The number of ether oxygens (including phenoxy) is 1. The van der Waals surface area contributed by atoms with Gasteiger partial charge in [0.2, 0.25) is 0 Å². The van der Waals surface area contributed by atoms with E-state index in [9.17, 15) is 4.79 Å². The van der Waals surface area contributed by atoms with Crippen molar-refractivity contribution < 1.29 is 9.53 Å². The molecule has 0 aromatic rings. The van der Waals surface area contributed by atoms with Crippen molar-refractivity contribution in [2.45, 2.75) is 52.4 Å². The van der Waals surface area contributed by atoms with Gasteiger partial charge in [-0.15, -0.1) is 0 Å². The minimum Gasteiger partial charge on any atom is -0.444 e. The Hall–Kier alpha value is -1.03. The molecular formula is C15H30N2O2. The normalized spacial score (nSPS) is 10.5. The molecule has 4 heteroatoms. The molecule has 0 atom stereocenters. The molecule has 0 aliphatic carbocycles. The summed E-state index contributed by atoms with van der Waals surface area (Å²) < 4.78 is 5.07. The van der Waals surface area contributed by atoms with Crippen LogP contribution in [0.3, 0.4) is 0 Å². The molecule has 0 N–H and O–H groups in total. The molecule has 0 unspecified atom stereocenters. The second kappa shape index (κ2) is 12.0. The summed E-state index contributed by atoms with van der Waals surface area (Å²) in [5, 5.41) is 3.70. The van der Waals surface area contributed by atoms with Crippen LogP contribution in [0.15, 0.2) is 12.7 Å². The van der Waals surface area contributed by atoms with Crippen LogP contribution in [0.2, 0.25) is 0 Å². The first-order chi connectivity index (χ1) is 9.17. The number of carbonyl (C=O) groups excluding carboxylic acids is 1. The van der Waals surface area contributed by atoms with Crippen molar-refractivity contribution in [3.05, 3.63) is 12.7 Å². The Morgan fingerprint density at radius 2 is 1.63 bits per heavy atom. The van der Waals surface area contributed by atoms with Crippen molar-refractivity contribution in [2.75, 3.05) is 26.7 Å². The molecule has 0 bridgehead atoms. The van der Waals surface area contributed by atoms with Crippen molar-refractivity contribution in [1.29, 1.82) is 0 Å². The molecule has 0 aromatic carbocycles. The molecular weight excluding hydrogens is 240 g/mol. The minimum absolute atomic E-state index is 0.265. The maximum atomic E-state index is 11.8. The highest BCUT2D eigenvalue weighted by Gasteiger charge is 2.17. The van der Waals surface area contributed by atoms with Gasteiger partial charge in [-0.3, -0.25) is 0 Å². The molecule has 0 spiro atoms. The van der Waals surface area contributed by atoms with Crippen LogP contribution in [0.5, 0.6) is 0 Å². The minimum atomic E-state index is -0.298. The zero-order valence-corrected chi connectivity index (χ0v) is 12.9. The quantitative estimate of drug-likeness (QED) is 0.325. The third-order valence-electron chi connectivity index (χ3n) is 3.05. The number of carbonyl (C=O) groups is 1. The van der Waals surface area contributed by atoms with Gasteiger partial charge in [-0.25, -0.2) is 14.8 Å². The number of hydrazine groups is 1. The van der Waals surface area contributed by atoms with E-state index < -0.39 is 0 Å². The lowest BCUT2D eigenvalue weighted by Crippen LogP contribution is -2.45. The summed E-state index contributed by atoms with van der Waals surface area (Å²) in [6.45, 7) is 10.0. The maximum absolute atomic E-state index is 11.8. The molecule has 0 aliphatic rings. The van der Waals surface area contributed by atoms with Crippen molar-refractivity contribution >= 4 is 6.09 Å². The summed E-state index contributed by atoms with van der Waals surface area (Å²) in [5.41, 5.74) is 0. The van der Waals surface area contributed by atoms with E-state index >= 15 is 0 Å². The van der Waals surface area contributed by atoms with E-state index in [1.54, 1.807) is 18.1 Å². The Morgan fingerprint density at radius 3 is 2.05 bits per heavy atom. The Labute approximate surface area is 118 Å². The molecule has 19 heavy (non-hydrogen) atoms. The topological polar surface area (TPSA) is 32.8 Å². The fourth-order valence-corrected chi connectivity index (χ4v) is 1.84. The highest BCUT2D eigenvalue weighted by atomic mass is 16.6. The second-order valence-electron chi connectivity index (χ2n) is 4.76. The predicted molar refractivity (Wildman–Crippen MR) is 79.9 cm³/mol. The van der Waals surface area contributed by atoms with Gasteiger partial charge >= 0.3 is 6.09 Å². The van der Waals surface area contributed by atoms with E-state index in [1.807, 2.05) is 0 Å². The monoisotopic (exact) mass is 270 g/mol. The fourth-order valence-electron chi connectivity index (χ4n) is 1.84. The third kappa shape index (κ3) is 8.65.